The molecular weight excluding hydrogens is 518 g/mol. The number of primary amides is 1. The van der Waals surface area contributed by atoms with E-state index >= 15 is 0 Å². The number of fused-ring (bicyclic) bond motifs is 3. The van der Waals surface area contributed by atoms with Crippen molar-refractivity contribution in [2.24, 2.45) is 35.3 Å². The summed E-state index contributed by atoms with van der Waals surface area (Å²) < 4.78 is 5.73. The number of aromatic hydroxyl groups is 1. The summed E-state index contributed by atoms with van der Waals surface area (Å²) in [5.41, 5.74) is 3.70. The van der Waals surface area contributed by atoms with Gasteiger partial charge in [0, 0.05) is 23.6 Å². The molecule has 1 amide bonds. The van der Waals surface area contributed by atoms with Gasteiger partial charge in [-0.1, -0.05) is 12.8 Å². The molecular formula is C29H37N3O8. The van der Waals surface area contributed by atoms with Gasteiger partial charge in [0.05, 0.1) is 24.6 Å². The predicted octanol–water partition coefficient (Wildman–Crippen LogP) is 0.155. The maximum atomic E-state index is 13.9. The van der Waals surface area contributed by atoms with Crippen LogP contribution in [0.4, 0.5) is 0 Å². The third-order valence-electron chi connectivity index (χ3n) is 9.52. The number of methoxy groups -OCH3 is 1. The molecule has 3 fully saturated rings. The first-order valence-corrected chi connectivity index (χ1v) is 13.9. The van der Waals surface area contributed by atoms with Gasteiger partial charge in [-0.3, -0.25) is 28.9 Å². The molecule has 4 aliphatic carbocycles. The van der Waals surface area contributed by atoms with E-state index in [1.165, 1.54) is 43.8 Å². The Morgan fingerprint density at radius 2 is 1.85 bits per heavy atom. The van der Waals surface area contributed by atoms with Gasteiger partial charge in [0.15, 0.2) is 34.7 Å². The smallest absolute Gasteiger partial charge is 0.235 e. The van der Waals surface area contributed by atoms with E-state index in [9.17, 15) is 34.2 Å². The number of nitrogens with one attached hydrogen (secondary N) is 1. The Morgan fingerprint density at radius 3 is 2.45 bits per heavy atom. The number of nitrogens with zero attached hydrogens (tertiary/aromatic N) is 1. The number of hydrogen-bond acceptors (Lipinski definition) is 10. The van der Waals surface area contributed by atoms with Crippen molar-refractivity contribution < 1.29 is 38.9 Å². The van der Waals surface area contributed by atoms with E-state index in [2.05, 4.69) is 5.32 Å². The van der Waals surface area contributed by atoms with E-state index in [1.54, 1.807) is 14.1 Å². The lowest BCUT2D eigenvalue weighted by Crippen LogP contribution is -2.74. The number of likely N-dealkylation sites (N-methyl/N-ethyl adjacent to an activating group) is 1. The summed E-state index contributed by atoms with van der Waals surface area (Å²) in [5, 5.41) is 26.1. The standard InChI is InChI=1S/C29H37N3O8/c1-32(2)22-17-9-14-8-16-20(18(33)10-15(25(16)40-3)12-31-11-13-6-4-5-7-13)23(34)19(14)26(36)29(17,39)27(37)21(24(22)35)28(30)38/h10,13-14,17,19,21-22,31,33,39H,4-9,11-12H2,1-3H3,(H2,30,38)/t14-,17-,19?,21?,22-,29-/m0/s1. The van der Waals surface area contributed by atoms with Gasteiger partial charge in [-0.05, 0) is 64.2 Å². The molecule has 0 radical (unpaired) electrons. The summed E-state index contributed by atoms with van der Waals surface area (Å²) in [6.45, 7) is 1.25. The van der Waals surface area contributed by atoms with Crippen LogP contribution in [0.15, 0.2) is 6.07 Å². The number of aliphatic hydroxyl groups is 1. The summed E-state index contributed by atoms with van der Waals surface area (Å²) in [6.07, 6.45) is 4.97. The fraction of sp³-hybridized carbons (Fsp3) is 0.621. The first kappa shape index (κ1) is 28.4. The van der Waals surface area contributed by atoms with Crippen LogP contribution in [-0.2, 0) is 32.1 Å². The Morgan fingerprint density at radius 1 is 1.18 bits per heavy atom. The number of phenols is 1. The Labute approximate surface area is 232 Å². The molecule has 0 aromatic heterocycles. The highest BCUT2D eigenvalue weighted by Crippen LogP contribution is 2.52. The molecule has 11 nitrogen and oxygen atoms in total. The Kier molecular flexibility index (Phi) is 7.35. The average molecular weight is 556 g/mol. The fourth-order valence-corrected chi connectivity index (χ4v) is 7.73. The second-order valence-corrected chi connectivity index (χ2v) is 12.0. The molecule has 0 saturated heterocycles. The number of ether oxygens (including phenoxy) is 1. The Bertz CT molecular complexity index is 1290. The maximum absolute atomic E-state index is 13.9. The molecule has 5 rings (SSSR count). The molecule has 4 aliphatic rings. The molecule has 0 heterocycles. The largest absolute Gasteiger partial charge is 0.507 e. The van der Waals surface area contributed by atoms with Crippen molar-refractivity contribution in [3.05, 3.63) is 22.8 Å². The number of carbonyl (C=O) groups excluding carboxylic acids is 5. The second kappa shape index (κ2) is 10.4. The van der Waals surface area contributed by atoms with Crippen LogP contribution in [0.2, 0.25) is 0 Å². The van der Waals surface area contributed by atoms with Gasteiger partial charge in [-0.2, -0.15) is 0 Å². The normalized spacial score (nSPS) is 32.2. The molecule has 0 aliphatic heterocycles. The van der Waals surface area contributed by atoms with E-state index in [0.717, 1.165) is 6.54 Å². The van der Waals surface area contributed by atoms with Gasteiger partial charge in [0.25, 0.3) is 0 Å². The van der Waals surface area contributed by atoms with E-state index in [0.29, 0.717) is 29.3 Å². The molecule has 216 valence electrons. The van der Waals surface area contributed by atoms with Crippen molar-refractivity contribution in [1.29, 1.82) is 0 Å². The number of rotatable bonds is 7. The van der Waals surface area contributed by atoms with Crippen LogP contribution in [0, 0.1) is 29.6 Å². The fourth-order valence-electron chi connectivity index (χ4n) is 7.73. The number of benzene rings is 1. The molecule has 11 heteroatoms. The molecule has 5 N–H and O–H groups in total. The molecule has 1 aromatic rings. The van der Waals surface area contributed by atoms with Crippen molar-refractivity contribution in [2.45, 2.75) is 56.7 Å². The van der Waals surface area contributed by atoms with Gasteiger partial charge in [-0.25, -0.2) is 0 Å². The lowest BCUT2D eigenvalue weighted by molar-refractivity contribution is -0.181. The minimum atomic E-state index is -2.74. The number of carbonyl (C=O) groups is 5. The molecule has 40 heavy (non-hydrogen) atoms. The molecule has 0 spiro atoms. The highest BCUT2D eigenvalue weighted by Gasteiger charge is 2.69. The monoisotopic (exact) mass is 555 g/mol. The molecule has 0 bridgehead atoms. The van der Waals surface area contributed by atoms with Crippen molar-refractivity contribution in [3.8, 4) is 11.5 Å². The van der Waals surface area contributed by atoms with Gasteiger partial charge in [-0.15, -0.1) is 0 Å². The van der Waals surface area contributed by atoms with E-state index in [4.69, 9.17) is 10.5 Å². The third-order valence-corrected chi connectivity index (χ3v) is 9.52. The number of phenolic OH excluding ortho intramolecular Hbond substituents is 1. The maximum Gasteiger partial charge on any atom is 0.235 e. The van der Waals surface area contributed by atoms with Gasteiger partial charge in [0.1, 0.15) is 11.5 Å². The van der Waals surface area contributed by atoms with Crippen LogP contribution in [-0.4, -0.2) is 83.5 Å². The van der Waals surface area contributed by atoms with Crippen LogP contribution < -0.4 is 15.8 Å². The highest BCUT2D eigenvalue weighted by atomic mass is 16.5. The summed E-state index contributed by atoms with van der Waals surface area (Å²) in [6, 6.07) is 0.320. The molecule has 3 saturated carbocycles. The van der Waals surface area contributed by atoms with Gasteiger partial charge < -0.3 is 26.0 Å². The third kappa shape index (κ3) is 4.17. The number of amides is 1. The average Bonchev–Trinajstić information content (AvgIpc) is 3.39. The summed E-state index contributed by atoms with van der Waals surface area (Å²) >= 11 is 0. The summed E-state index contributed by atoms with van der Waals surface area (Å²) in [4.78, 5) is 67.8. The Balaban J connectivity index is 1.52. The zero-order chi connectivity index (χ0) is 29.1. The Hall–Kier alpha value is -3.15. The topological polar surface area (TPSA) is 176 Å². The zero-order valence-corrected chi connectivity index (χ0v) is 23.1. The minimum Gasteiger partial charge on any atom is -0.507 e. The van der Waals surface area contributed by atoms with E-state index < -0.39 is 64.4 Å². The van der Waals surface area contributed by atoms with Crippen LogP contribution in [0.3, 0.4) is 0 Å². The number of nitrogens with two attached hydrogens (primary N) is 1. The van der Waals surface area contributed by atoms with Crippen LogP contribution >= 0.6 is 0 Å². The zero-order valence-electron chi connectivity index (χ0n) is 23.1. The predicted molar refractivity (Wildman–Crippen MR) is 142 cm³/mol. The summed E-state index contributed by atoms with van der Waals surface area (Å²) in [7, 11) is 4.60. The molecule has 6 atom stereocenters. The highest BCUT2D eigenvalue weighted by molar-refractivity contribution is 6.32. The van der Waals surface area contributed by atoms with Crippen LogP contribution in [0.25, 0.3) is 0 Å². The SMILES string of the molecule is COc1c(CNCC2CCCC2)cc(O)c2c1C[C@H]1C[C@H]3[C@H](N(C)C)C(=O)C(C(N)=O)C(=O)[C@@]3(O)C(=O)C1C2=O. The van der Waals surface area contributed by atoms with Crippen molar-refractivity contribution in [2.75, 3.05) is 27.7 Å². The number of ketones is 4. The lowest BCUT2D eigenvalue weighted by atomic mass is 9.52. The van der Waals surface area contributed by atoms with E-state index in [1.807, 2.05) is 0 Å². The lowest BCUT2D eigenvalue weighted by Gasteiger charge is -2.52. The second-order valence-electron chi connectivity index (χ2n) is 12.0. The number of hydrogen-bond donors (Lipinski definition) is 4. The molecule has 1 aromatic carbocycles. The number of Topliss-reactive ketones (excluding diaryl/α,β-unsaturated/α-hetero) is 4. The first-order valence-electron chi connectivity index (χ1n) is 13.9. The van der Waals surface area contributed by atoms with Gasteiger partial charge >= 0.3 is 0 Å². The van der Waals surface area contributed by atoms with Crippen LogP contribution in [0.1, 0.15) is 53.6 Å². The first-order chi connectivity index (χ1) is 18.9. The molecule has 2 unspecified atom stereocenters. The summed E-state index contributed by atoms with van der Waals surface area (Å²) in [5.74, 6) is -9.56. The van der Waals surface area contributed by atoms with Crippen LogP contribution in [0.5, 0.6) is 11.5 Å². The van der Waals surface area contributed by atoms with Gasteiger partial charge in [0.2, 0.25) is 5.91 Å². The van der Waals surface area contributed by atoms with Crippen molar-refractivity contribution in [1.82, 2.24) is 10.2 Å². The van der Waals surface area contributed by atoms with E-state index in [-0.39, 0.29) is 24.2 Å². The minimum absolute atomic E-state index is 0.00201. The quantitative estimate of drug-likeness (QED) is 0.339. The van der Waals surface area contributed by atoms with Crippen molar-refractivity contribution >= 4 is 29.0 Å². The van der Waals surface area contributed by atoms with Crippen molar-refractivity contribution in [3.63, 3.8) is 0 Å².